The highest BCUT2D eigenvalue weighted by Crippen LogP contribution is 2.30. The number of nitrogens with one attached hydrogen (secondary N) is 1. The van der Waals surface area contributed by atoms with Gasteiger partial charge in [0, 0.05) is 17.6 Å². The fourth-order valence-corrected chi connectivity index (χ4v) is 3.72. The van der Waals surface area contributed by atoms with Gasteiger partial charge in [-0.2, -0.15) is 0 Å². The van der Waals surface area contributed by atoms with E-state index in [1.807, 2.05) is 12.1 Å². The lowest BCUT2D eigenvalue weighted by Crippen LogP contribution is -2.35. The number of halogens is 1. The Morgan fingerprint density at radius 2 is 1.65 bits per heavy atom. The second-order valence-electron chi connectivity index (χ2n) is 6.85. The van der Waals surface area contributed by atoms with E-state index in [9.17, 15) is 0 Å². The zero-order valence-corrected chi connectivity index (χ0v) is 16.1. The Labute approximate surface area is 163 Å². The van der Waals surface area contributed by atoms with Gasteiger partial charge in [-0.05, 0) is 30.9 Å². The van der Waals surface area contributed by atoms with Crippen LogP contribution in [0.4, 0.5) is 0 Å². The van der Waals surface area contributed by atoms with E-state index in [4.69, 9.17) is 9.84 Å². The van der Waals surface area contributed by atoms with E-state index in [-0.39, 0.29) is 25.1 Å². The highest BCUT2D eigenvalue weighted by Gasteiger charge is 2.22. The smallest absolute Gasteiger partial charge is 0.124 e. The molecule has 1 aliphatic rings. The van der Waals surface area contributed by atoms with E-state index in [2.05, 4.69) is 47.8 Å². The maximum Gasteiger partial charge on any atom is 0.124 e. The molecular formula is C22H30ClNO2. The zero-order chi connectivity index (χ0) is 17.3. The highest BCUT2D eigenvalue weighted by molar-refractivity contribution is 5.85. The molecule has 0 spiro atoms. The summed E-state index contributed by atoms with van der Waals surface area (Å²) in [6.45, 7) is 0.367. The topological polar surface area (TPSA) is 41.5 Å². The van der Waals surface area contributed by atoms with Gasteiger partial charge in [0.15, 0.2) is 0 Å². The van der Waals surface area contributed by atoms with Crippen molar-refractivity contribution >= 4 is 12.4 Å². The molecule has 0 heterocycles. The maximum absolute atomic E-state index is 9.11. The second-order valence-corrected chi connectivity index (χ2v) is 6.85. The first-order valence-electron chi connectivity index (χ1n) is 9.49. The van der Waals surface area contributed by atoms with Crippen LogP contribution in [0.2, 0.25) is 0 Å². The second kappa shape index (κ2) is 11.2. The molecule has 1 saturated carbocycles. The lowest BCUT2D eigenvalue weighted by atomic mass is 9.92. The fourth-order valence-electron chi connectivity index (χ4n) is 3.72. The molecule has 2 N–H and O–H groups in total. The molecule has 2 aromatic rings. The van der Waals surface area contributed by atoms with Gasteiger partial charge in [-0.3, -0.25) is 0 Å². The van der Waals surface area contributed by atoms with Gasteiger partial charge in [0.2, 0.25) is 0 Å². The highest BCUT2D eigenvalue weighted by atomic mass is 35.5. The monoisotopic (exact) mass is 375 g/mol. The number of benzene rings is 2. The third kappa shape index (κ3) is 6.01. The molecule has 1 atom stereocenters. The van der Waals surface area contributed by atoms with Crippen LogP contribution in [0.5, 0.6) is 5.75 Å². The lowest BCUT2D eigenvalue weighted by Gasteiger charge is -2.30. The zero-order valence-electron chi connectivity index (χ0n) is 15.3. The third-order valence-corrected chi connectivity index (χ3v) is 4.97. The first kappa shape index (κ1) is 20.8. The summed E-state index contributed by atoms with van der Waals surface area (Å²) in [5.41, 5.74) is 2.51. The van der Waals surface area contributed by atoms with E-state index >= 15 is 0 Å². The summed E-state index contributed by atoms with van der Waals surface area (Å²) >= 11 is 0. The van der Waals surface area contributed by atoms with Crippen LogP contribution in [-0.2, 0) is 6.42 Å². The van der Waals surface area contributed by atoms with Crippen LogP contribution in [0, 0.1) is 0 Å². The minimum atomic E-state index is 0. The minimum absolute atomic E-state index is 0. The molecule has 0 bridgehead atoms. The molecule has 1 unspecified atom stereocenters. The Balaban J connectivity index is 0.00000243. The van der Waals surface area contributed by atoms with Crippen molar-refractivity contribution in [2.24, 2.45) is 0 Å². The van der Waals surface area contributed by atoms with Crippen molar-refractivity contribution in [2.45, 2.75) is 50.6 Å². The molecule has 1 aliphatic carbocycles. The SMILES string of the molecule is Cl.OCCOc1ccccc1C(Cc1ccccc1)NC1CCCCC1. The van der Waals surface area contributed by atoms with E-state index in [0.717, 1.165) is 12.2 Å². The van der Waals surface area contributed by atoms with Gasteiger partial charge in [0.1, 0.15) is 12.4 Å². The normalized spacial score (nSPS) is 15.9. The summed E-state index contributed by atoms with van der Waals surface area (Å²) < 4.78 is 5.80. The maximum atomic E-state index is 9.11. The van der Waals surface area contributed by atoms with Gasteiger partial charge < -0.3 is 15.2 Å². The Hall–Kier alpha value is -1.55. The van der Waals surface area contributed by atoms with Crippen LogP contribution in [0.1, 0.15) is 49.3 Å². The molecule has 3 nitrogen and oxygen atoms in total. The van der Waals surface area contributed by atoms with Crippen LogP contribution in [0.25, 0.3) is 0 Å². The van der Waals surface area contributed by atoms with Crippen LogP contribution in [0.3, 0.4) is 0 Å². The number of rotatable bonds is 8. The van der Waals surface area contributed by atoms with E-state index < -0.39 is 0 Å². The van der Waals surface area contributed by atoms with Crippen molar-refractivity contribution in [3.05, 3.63) is 65.7 Å². The van der Waals surface area contributed by atoms with E-state index in [1.54, 1.807) is 0 Å². The van der Waals surface area contributed by atoms with Crippen LogP contribution in [-0.4, -0.2) is 24.4 Å². The molecule has 26 heavy (non-hydrogen) atoms. The van der Waals surface area contributed by atoms with E-state index in [0.29, 0.717) is 12.6 Å². The van der Waals surface area contributed by atoms with Gasteiger partial charge in [-0.1, -0.05) is 67.8 Å². The average Bonchev–Trinajstić information content (AvgIpc) is 2.68. The Bertz CT molecular complexity index is 629. The molecule has 142 valence electrons. The minimum Gasteiger partial charge on any atom is -0.491 e. The van der Waals surface area contributed by atoms with Crippen molar-refractivity contribution < 1.29 is 9.84 Å². The average molecular weight is 376 g/mol. The number of aliphatic hydroxyl groups is 1. The van der Waals surface area contributed by atoms with Gasteiger partial charge in [0.25, 0.3) is 0 Å². The molecule has 0 aliphatic heterocycles. The summed E-state index contributed by atoms with van der Waals surface area (Å²) in [5.74, 6) is 0.876. The Morgan fingerprint density at radius 3 is 2.38 bits per heavy atom. The Morgan fingerprint density at radius 1 is 0.962 bits per heavy atom. The molecule has 3 rings (SSSR count). The summed E-state index contributed by atoms with van der Waals surface area (Å²) in [6, 6.07) is 19.7. The lowest BCUT2D eigenvalue weighted by molar-refractivity contribution is 0.198. The molecule has 0 amide bonds. The molecule has 0 aromatic heterocycles. The van der Waals surface area contributed by atoms with Crippen molar-refractivity contribution in [3.63, 3.8) is 0 Å². The summed E-state index contributed by atoms with van der Waals surface area (Å²) in [7, 11) is 0. The summed E-state index contributed by atoms with van der Waals surface area (Å²) in [6.07, 6.45) is 7.45. The predicted molar refractivity (Wildman–Crippen MR) is 109 cm³/mol. The largest absolute Gasteiger partial charge is 0.491 e. The number of aliphatic hydroxyl groups excluding tert-OH is 1. The first-order valence-corrected chi connectivity index (χ1v) is 9.49. The third-order valence-electron chi connectivity index (χ3n) is 4.97. The standard InChI is InChI=1S/C22H29NO2.ClH/c24-15-16-25-22-14-8-7-13-20(22)21(17-18-9-3-1-4-10-18)23-19-11-5-2-6-12-19;/h1,3-4,7-10,13-14,19,21,23-24H,2,5-6,11-12,15-17H2;1H. The summed E-state index contributed by atoms with van der Waals surface area (Å²) in [4.78, 5) is 0. The molecule has 2 aromatic carbocycles. The quantitative estimate of drug-likeness (QED) is 0.703. The van der Waals surface area contributed by atoms with Crippen molar-refractivity contribution in [1.82, 2.24) is 5.32 Å². The van der Waals surface area contributed by atoms with Crippen molar-refractivity contribution in [3.8, 4) is 5.75 Å². The van der Waals surface area contributed by atoms with Gasteiger partial charge in [-0.25, -0.2) is 0 Å². The first-order chi connectivity index (χ1) is 12.4. The number of hydrogen-bond acceptors (Lipinski definition) is 3. The van der Waals surface area contributed by atoms with Crippen molar-refractivity contribution in [1.29, 1.82) is 0 Å². The fraction of sp³-hybridized carbons (Fsp3) is 0.455. The van der Waals surface area contributed by atoms with Gasteiger partial charge in [-0.15, -0.1) is 12.4 Å². The molecular weight excluding hydrogens is 346 g/mol. The van der Waals surface area contributed by atoms with Crippen LogP contribution >= 0.6 is 12.4 Å². The van der Waals surface area contributed by atoms with Gasteiger partial charge >= 0.3 is 0 Å². The molecule has 0 radical (unpaired) electrons. The predicted octanol–water partition coefficient (Wildman–Crippen LogP) is 4.69. The molecule has 4 heteroatoms. The van der Waals surface area contributed by atoms with Crippen LogP contribution < -0.4 is 10.1 Å². The van der Waals surface area contributed by atoms with Crippen LogP contribution in [0.15, 0.2) is 54.6 Å². The van der Waals surface area contributed by atoms with Crippen molar-refractivity contribution in [2.75, 3.05) is 13.2 Å². The number of para-hydroxylation sites is 1. The number of ether oxygens (including phenoxy) is 1. The van der Waals surface area contributed by atoms with Gasteiger partial charge in [0.05, 0.1) is 6.61 Å². The number of hydrogen-bond donors (Lipinski definition) is 2. The Kier molecular flexibility index (Phi) is 8.96. The molecule has 0 saturated heterocycles. The van der Waals surface area contributed by atoms with E-state index in [1.165, 1.54) is 43.2 Å². The summed E-state index contributed by atoms with van der Waals surface area (Å²) in [5, 5.41) is 13.0. The molecule has 1 fully saturated rings.